The zero-order valence-corrected chi connectivity index (χ0v) is 24.9. The van der Waals surface area contributed by atoms with Gasteiger partial charge in [0.2, 0.25) is 17.7 Å². The lowest BCUT2D eigenvalue weighted by molar-refractivity contribution is -0.122. The van der Waals surface area contributed by atoms with Crippen LogP contribution in [0.4, 0.5) is 11.4 Å². The zero-order valence-electron chi connectivity index (χ0n) is 21.0. The molecular weight excluding hydrogens is 634 g/mol. The van der Waals surface area contributed by atoms with Crippen LogP contribution in [0.2, 0.25) is 5.02 Å². The van der Waals surface area contributed by atoms with E-state index in [4.69, 9.17) is 11.6 Å². The lowest BCUT2D eigenvalue weighted by Gasteiger charge is -2.30. The standard InChI is InChI=1S/C29H21BrClN3O4S2/c1-15-2-10-19(11-3-15)32-21(35)14-33-28-25(40-29(33)38)22(16-4-8-18(31)9-5-16)23-24(39-28)27(37)34(26(23)36)20-12-6-17(30)7-13-20/h2-13,22-24H,14H2,1H3,(H,32,35)/t22-,23?,24?/m1/s1. The Kier molecular flexibility index (Phi) is 7.20. The molecular formula is C29H21BrClN3O4S2. The highest BCUT2D eigenvalue weighted by Gasteiger charge is 2.56. The number of fused-ring (bicyclic) bond motifs is 2. The second kappa shape index (κ2) is 10.7. The molecule has 2 aliphatic heterocycles. The summed E-state index contributed by atoms with van der Waals surface area (Å²) < 4.78 is 2.24. The molecule has 0 bridgehead atoms. The van der Waals surface area contributed by atoms with Crippen molar-refractivity contribution in [2.75, 3.05) is 10.2 Å². The Morgan fingerprint density at radius 3 is 2.30 bits per heavy atom. The van der Waals surface area contributed by atoms with Crippen LogP contribution in [-0.2, 0) is 20.9 Å². The molecule has 0 spiro atoms. The second-order valence-electron chi connectivity index (χ2n) is 9.62. The maximum Gasteiger partial charge on any atom is 0.308 e. The number of aromatic nitrogens is 1. The van der Waals surface area contributed by atoms with E-state index in [2.05, 4.69) is 21.2 Å². The van der Waals surface area contributed by atoms with Crippen molar-refractivity contribution in [3.8, 4) is 0 Å². The molecule has 2 unspecified atom stereocenters. The molecule has 1 N–H and O–H groups in total. The summed E-state index contributed by atoms with van der Waals surface area (Å²) in [4.78, 5) is 55.5. The number of benzene rings is 3. The van der Waals surface area contributed by atoms with Gasteiger partial charge in [-0.05, 0) is 61.0 Å². The van der Waals surface area contributed by atoms with Crippen LogP contribution in [0.15, 0.2) is 87.1 Å². The van der Waals surface area contributed by atoms with Crippen LogP contribution in [0, 0.1) is 12.8 Å². The number of nitrogens with one attached hydrogen (secondary N) is 1. The molecule has 3 aromatic carbocycles. The quantitative estimate of drug-likeness (QED) is 0.264. The maximum atomic E-state index is 13.9. The van der Waals surface area contributed by atoms with Crippen molar-refractivity contribution < 1.29 is 14.4 Å². The number of carbonyl (C=O) groups excluding carboxylic acids is 3. The normalized spacial score (nSPS) is 19.9. The summed E-state index contributed by atoms with van der Waals surface area (Å²) >= 11 is 11.8. The Morgan fingerprint density at radius 1 is 0.950 bits per heavy atom. The predicted octanol–water partition coefficient (Wildman–Crippen LogP) is 6.07. The number of rotatable bonds is 5. The smallest absolute Gasteiger partial charge is 0.308 e. The van der Waals surface area contributed by atoms with E-state index in [9.17, 15) is 19.2 Å². The molecule has 4 aromatic rings. The number of thiazole rings is 1. The number of hydrogen-bond donors (Lipinski definition) is 1. The molecule has 0 saturated carbocycles. The van der Waals surface area contributed by atoms with Gasteiger partial charge in [-0.1, -0.05) is 80.5 Å². The van der Waals surface area contributed by atoms with Crippen molar-refractivity contribution in [2.45, 2.75) is 29.7 Å². The summed E-state index contributed by atoms with van der Waals surface area (Å²) in [6.45, 7) is 1.74. The molecule has 3 atom stereocenters. The van der Waals surface area contributed by atoms with Gasteiger partial charge in [-0.2, -0.15) is 0 Å². The molecule has 202 valence electrons. The first kappa shape index (κ1) is 27.0. The minimum absolute atomic E-state index is 0.213. The van der Waals surface area contributed by atoms with Gasteiger partial charge in [0, 0.05) is 26.0 Å². The average Bonchev–Trinajstić information content (AvgIpc) is 3.37. The first-order valence-electron chi connectivity index (χ1n) is 12.4. The van der Waals surface area contributed by atoms with Gasteiger partial charge in [0.25, 0.3) is 0 Å². The van der Waals surface area contributed by atoms with Crippen LogP contribution < -0.4 is 15.1 Å². The molecule has 3 amide bonds. The van der Waals surface area contributed by atoms with Gasteiger partial charge in [-0.15, -0.1) is 0 Å². The van der Waals surface area contributed by atoms with Crippen LogP contribution in [0.25, 0.3) is 0 Å². The Morgan fingerprint density at radius 2 is 1.62 bits per heavy atom. The minimum Gasteiger partial charge on any atom is -0.325 e. The van der Waals surface area contributed by atoms with Gasteiger partial charge in [-0.25, -0.2) is 4.90 Å². The largest absolute Gasteiger partial charge is 0.325 e. The first-order valence-corrected chi connectivity index (χ1v) is 15.2. The number of halogens is 2. The molecule has 1 fully saturated rings. The fraction of sp³-hybridized carbons (Fsp3) is 0.172. The summed E-state index contributed by atoms with van der Waals surface area (Å²) in [5.74, 6) is -2.29. The minimum atomic E-state index is -0.760. The monoisotopic (exact) mass is 653 g/mol. The van der Waals surface area contributed by atoms with Gasteiger partial charge in [0.05, 0.1) is 16.6 Å². The Balaban J connectivity index is 1.40. The van der Waals surface area contributed by atoms with Crippen molar-refractivity contribution in [2.24, 2.45) is 5.92 Å². The van der Waals surface area contributed by atoms with Gasteiger partial charge < -0.3 is 5.32 Å². The summed E-state index contributed by atoms with van der Waals surface area (Å²) in [5, 5.41) is 3.15. The SMILES string of the molecule is Cc1ccc(NC(=O)Cn2c3c(sc2=O)[C@H](c2ccc(Cl)cc2)C2C(=O)N(c4ccc(Br)cc4)C(=O)C2S3)cc1. The fourth-order valence-electron chi connectivity index (χ4n) is 5.11. The van der Waals surface area contributed by atoms with E-state index in [1.807, 2.05) is 31.2 Å². The molecule has 0 aliphatic carbocycles. The van der Waals surface area contributed by atoms with E-state index in [0.29, 0.717) is 26.3 Å². The number of anilines is 2. The predicted molar refractivity (Wildman–Crippen MR) is 161 cm³/mol. The average molecular weight is 655 g/mol. The van der Waals surface area contributed by atoms with Crippen molar-refractivity contribution >= 4 is 79.7 Å². The van der Waals surface area contributed by atoms with E-state index in [1.54, 1.807) is 48.5 Å². The Labute approximate surface area is 251 Å². The number of hydrogen-bond acceptors (Lipinski definition) is 6. The van der Waals surface area contributed by atoms with Crippen molar-refractivity contribution in [1.29, 1.82) is 0 Å². The molecule has 1 saturated heterocycles. The summed E-state index contributed by atoms with van der Waals surface area (Å²) in [7, 11) is 0. The number of nitrogens with zero attached hydrogens (tertiary/aromatic N) is 2. The van der Waals surface area contributed by atoms with Gasteiger partial charge in [0.15, 0.2) is 0 Å². The number of thioether (sulfide) groups is 1. The molecule has 3 heterocycles. The number of aryl methyl sites for hydroxylation is 1. The third-order valence-corrected chi connectivity index (χ3v) is 10.4. The van der Waals surface area contributed by atoms with E-state index in [1.165, 1.54) is 21.2 Å². The highest BCUT2D eigenvalue weighted by atomic mass is 79.9. The van der Waals surface area contributed by atoms with Crippen LogP contribution in [0.1, 0.15) is 21.9 Å². The van der Waals surface area contributed by atoms with E-state index in [-0.39, 0.29) is 29.1 Å². The third kappa shape index (κ3) is 4.83. The van der Waals surface area contributed by atoms with Crippen molar-refractivity contribution in [3.63, 3.8) is 0 Å². The second-order valence-corrected chi connectivity index (χ2v) is 13.1. The van der Waals surface area contributed by atoms with Gasteiger partial charge in [-0.3, -0.25) is 23.7 Å². The molecule has 6 rings (SSSR count). The van der Waals surface area contributed by atoms with E-state index < -0.39 is 17.1 Å². The Bertz CT molecular complexity index is 1700. The summed E-state index contributed by atoms with van der Waals surface area (Å²) in [6.07, 6.45) is 0. The van der Waals surface area contributed by atoms with Gasteiger partial charge >= 0.3 is 4.87 Å². The zero-order chi connectivity index (χ0) is 28.1. The fourth-order valence-corrected chi connectivity index (χ4v) is 8.27. The number of imide groups is 1. The topological polar surface area (TPSA) is 88.5 Å². The maximum absolute atomic E-state index is 13.9. The van der Waals surface area contributed by atoms with Gasteiger partial charge in [0.1, 0.15) is 11.8 Å². The molecule has 2 aliphatic rings. The van der Waals surface area contributed by atoms with E-state index in [0.717, 1.165) is 26.9 Å². The molecule has 11 heteroatoms. The number of carbonyl (C=O) groups is 3. The molecule has 7 nitrogen and oxygen atoms in total. The van der Waals surface area contributed by atoms with Crippen LogP contribution in [0.3, 0.4) is 0 Å². The van der Waals surface area contributed by atoms with E-state index >= 15 is 0 Å². The molecule has 40 heavy (non-hydrogen) atoms. The summed E-state index contributed by atoms with van der Waals surface area (Å²) in [6, 6.07) is 21.5. The molecule has 1 aromatic heterocycles. The first-order chi connectivity index (χ1) is 19.2. The molecule has 0 radical (unpaired) electrons. The highest BCUT2D eigenvalue weighted by molar-refractivity contribution is 9.10. The van der Waals surface area contributed by atoms with Crippen LogP contribution in [-0.4, -0.2) is 27.5 Å². The lowest BCUT2D eigenvalue weighted by atomic mass is 9.83. The van der Waals surface area contributed by atoms with Crippen LogP contribution >= 0.6 is 50.6 Å². The lowest BCUT2D eigenvalue weighted by Crippen LogP contribution is -2.33. The third-order valence-electron chi connectivity index (χ3n) is 7.00. The summed E-state index contributed by atoms with van der Waals surface area (Å²) in [5.41, 5.74) is 2.95. The Hall–Kier alpha value is -3.18. The highest BCUT2D eigenvalue weighted by Crippen LogP contribution is 2.54. The number of amides is 3. The van der Waals surface area contributed by atoms with Crippen LogP contribution in [0.5, 0.6) is 0 Å². The van der Waals surface area contributed by atoms with Crippen molar-refractivity contribution in [3.05, 3.63) is 108 Å². The van der Waals surface area contributed by atoms with Crippen molar-refractivity contribution in [1.82, 2.24) is 4.57 Å².